The average molecular weight is 1160 g/mol. The minimum Gasteiger partial charge on any atom is -0.356 e. The molecule has 0 aliphatic carbocycles. The van der Waals surface area contributed by atoms with Crippen molar-refractivity contribution in [1.29, 1.82) is 0 Å². The van der Waals surface area contributed by atoms with E-state index < -0.39 is 0 Å². The van der Waals surface area contributed by atoms with E-state index in [2.05, 4.69) is 98.3 Å². The van der Waals surface area contributed by atoms with Gasteiger partial charge in [0.05, 0.1) is 0 Å². The van der Waals surface area contributed by atoms with Crippen LogP contribution in [0.2, 0.25) is 0 Å². The topological polar surface area (TPSA) is 109 Å². The predicted octanol–water partition coefficient (Wildman–Crippen LogP) is 18.9. The first kappa shape index (κ1) is 84.5. The first-order chi connectivity index (χ1) is 39.4. The molecule has 0 aromatic rings. The van der Waals surface area contributed by atoms with Gasteiger partial charge in [-0.2, -0.15) is 0 Å². The molecule has 0 rings (SSSR count). The van der Waals surface area contributed by atoms with Crippen LogP contribution in [-0.4, -0.2) is 123 Å². The molecule has 0 fully saturated rings. The normalized spacial score (nSPS) is 11.6. The highest BCUT2D eigenvalue weighted by molar-refractivity contribution is 5.76. The van der Waals surface area contributed by atoms with E-state index in [9.17, 15) is 14.4 Å². The first-order valence-corrected chi connectivity index (χ1v) is 36.1. The summed E-state index contributed by atoms with van der Waals surface area (Å²) in [5, 5.41) is 12.6. The quantitative estimate of drug-likeness (QED) is 0.0449. The molecule has 0 aromatic heterocycles. The van der Waals surface area contributed by atoms with Gasteiger partial charge >= 0.3 is 0 Å². The van der Waals surface area contributed by atoms with Gasteiger partial charge in [0.2, 0.25) is 17.7 Å². The van der Waals surface area contributed by atoms with E-state index >= 15 is 0 Å². The lowest BCUT2D eigenvalue weighted by atomic mass is 10.0. The molecule has 0 unspecified atom stereocenters. The second kappa shape index (κ2) is 68.4. The third kappa shape index (κ3) is 64.3. The van der Waals surface area contributed by atoms with Gasteiger partial charge in [0.25, 0.3) is 0 Å². The van der Waals surface area contributed by atoms with Crippen LogP contribution < -0.4 is 21.3 Å². The van der Waals surface area contributed by atoms with Gasteiger partial charge in [-0.3, -0.25) is 29.1 Å². The highest BCUT2D eigenvalue weighted by Gasteiger charge is 2.17. The van der Waals surface area contributed by atoms with Crippen LogP contribution in [0, 0.1) is 0 Å². The Morgan fingerprint density at radius 1 is 0.268 bits per heavy atom. The van der Waals surface area contributed by atoms with Crippen molar-refractivity contribution < 1.29 is 14.4 Å². The van der Waals surface area contributed by atoms with Gasteiger partial charge in [0.15, 0.2) is 0 Å². The molecule has 0 bridgehead atoms. The predicted molar refractivity (Wildman–Crippen MR) is 365 cm³/mol. The van der Waals surface area contributed by atoms with Crippen LogP contribution in [0.15, 0.2) is 0 Å². The van der Waals surface area contributed by atoms with Crippen molar-refractivity contribution in [3.63, 3.8) is 0 Å². The van der Waals surface area contributed by atoms with Crippen LogP contribution >= 0.6 is 0 Å². The minimum absolute atomic E-state index is 0. The molecule has 492 valence electrons. The Morgan fingerprint density at radius 3 is 0.634 bits per heavy atom. The van der Waals surface area contributed by atoms with Crippen molar-refractivity contribution in [3.8, 4) is 0 Å². The Kier molecular flexibility index (Phi) is 70.4. The lowest BCUT2D eigenvalue weighted by Gasteiger charge is -2.32. The van der Waals surface area contributed by atoms with Gasteiger partial charge in [0, 0.05) is 103 Å². The Bertz CT molecular complexity index is 1220. The lowest BCUT2D eigenvalue weighted by molar-refractivity contribution is -0.122. The van der Waals surface area contributed by atoms with Crippen LogP contribution in [0.5, 0.6) is 0 Å². The molecule has 0 radical (unpaired) electrons. The fourth-order valence-corrected chi connectivity index (χ4v) is 11.0. The zero-order chi connectivity index (χ0) is 59.9. The van der Waals surface area contributed by atoms with Crippen LogP contribution in [0.3, 0.4) is 0 Å². The number of carbonyl (C=O) groups is 3. The van der Waals surface area contributed by atoms with Gasteiger partial charge in [-0.1, -0.05) is 279 Å². The second-order valence-electron chi connectivity index (χ2n) is 25.6. The molecule has 0 aromatic carbocycles. The third-order valence-electron chi connectivity index (χ3n) is 17.0. The van der Waals surface area contributed by atoms with E-state index in [1.54, 1.807) is 0 Å². The molecule has 0 atom stereocenters. The average Bonchev–Trinajstić information content (AvgIpc) is 3.44. The molecule has 3 amide bonds. The van der Waals surface area contributed by atoms with Gasteiger partial charge in [-0.15, -0.1) is 0 Å². The zero-order valence-corrected chi connectivity index (χ0v) is 56.7. The fourth-order valence-electron chi connectivity index (χ4n) is 11.0. The number of amides is 3. The summed E-state index contributed by atoms with van der Waals surface area (Å²) in [6.45, 7) is 28.8. The van der Waals surface area contributed by atoms with Crippen LogP contribution in [0.25, 0.3) is 0 Å². The largest absolute Gasteiger partial charge is 0.356 e. The van der Waals surface area contributed by atoms with Crippen LogP contribution in [0.1, 0.15) is 359 Å². The van der Waals surface area contributed by atoms with E-state index in [0.29, 0.717) is 37.4 Å². The molecule has 10 heteroatoms. The molecule has 0 heterocycles. The maximum absolute atomic E-state index is 12.6. The number of unbranched alkanes of at least 4 members (excludes halogenated alkanes) is 39. The summed E-state index contributed by atoms with van der Waals surface area (Å²) in [6, 6.07) is 1.27. The summed E-state index contributed by atoms with van der Waals surface area (Å²) in [7, 11) is 1.97. The number of likely N-dealkylation sites (N-methyl/N-ethyl adjacent to an activating group) is 1. The van der Waals surface area contributed by atoms with Crippen molar-refractivity contribution in [2.24, 2.45) is 0 Å². The van der Waals surface area contributed by atoms with Crippen molar-refractivity contribution in [2.45, 2.75) is 377 Å². The van der Waals surface area contributed by atoms with Crippen molar-refractivity contribution in [2.75, 3.05) is 72.5 Å². The summed E-state index contributed by atoms with van der Waals surface area (Å²) < 4.78 is 0. The van der Waals surface area contributed by atoms with E-state index in [1.165, 1.54) is 250 Å². The van der Waals surface area contributed by atoms with E-state index in [4.69, 9.17) is 0 Å². The van der Waals surface area contributed by atoms with E-state index in [0.717, 1.165) is 84.7 Å². The molecule has 10 nitrogen and oxygen atoms in total. The van der Waals surface area contributed by atoms with Crippen LogP contribution in [-0.2, 0) is 14.4 Å². The van der Waals surface area contributed by atoms with Gasteiger partial charge in [0.1, 0.15) is 0 Å². The lowest BCUT2D eigenvalue weighted by Crippen LogP contribution is -2.43. The number of carbonyl (C=O) groups excluding carboxylic acids is 3. The molecule has 0 aliphatic rings. The third-order valence-corrected chi connectivity index (χ3v) is 17.0. The molecule has 4 N–H and O–H groups in total. The van der Waals surface area contributed by atoms with Crippen molar-refractivity contribution in [3.05, 3.63) is 0 Å². The van der Waals surface area contributed by atoms with Gasteiger partial charge in [-0.25, -0.2) is 0 Å². The van der Waals surface area contributed by atoms with Crippen molar-refractivity contribution >= 4 is 17.7 Å². The Balaban J connectivity index is -0.00000176. The smallest absolute Gasteiger partial charge is 0.221 e. The molecular formula is C72H151N7O3. The summed E-state index contributed by atoms with van der Waals surface area (Å²) in [4.78, 5) is 44.4. The summed E-state index contributed by atoms with van der Waals surface area (Å²) in [6.07, 6.45) is 58.9. The van der Waals surface area contributed by atoms with Gasteiger partial charge in [-0.05, 0) is 67.9 Å². The summed E-state index contributed by atoms with van der Waals surface area (Å²) in [5.74, 6) is 0.558. The first-order valence-electron chi connectivity index (χ1n) is 36.1. The monoisotopic (exact) mass is 1160 g/mol. The van der Waals surface area contributed by atoms with E-state index in [-0.39, 0.29) is 25.1 Å². The molecule has 0 saturated carbocycles. The van der Waals surface area contributed by atoms with Gasteiger partial charge < -0.3 is 21.3 Å². The zero-order valence-electron chi connectivity index (χ0n) is 56.7. The maximum Gasteiger partial charge on any atom is 0.221 e. The Hall–Kier alpha value is -1.75. The number of nitrogens with one attached hydrogen (secondary N) is 4. The molecule has 0 aliphatic heterocycles. The molecular weight excluding hydrogens is 1010 g/mol. The highest BCUT2D eigenvalue weighted by atomic mass is 16.2. The standard InChI is InChI=1S/C46H94N4O2.C25H53N3O.CH4/c1-7-9-11-13-15-17-19-21-23-25-27-29-31-33-37-47-45(51)35-39-49(43(3)4)41-42-50(44(5)6)40-36-46(52)48-38-34-32-30-28-26-24-22-20-18-16-14-12-10-8-2;1-5-6-7-8-9-10-11-12-13-14-15-16-17-18-20-27-25(29)19-22-28(24(2)3)23-21-26-4;/h43-44H,7-42H2,1-6H3,(H,47,51)(H,48,52);24,26H,5-23H2,1-4H3,(H,27,29);1H4. The maximum atomic E-state index is 12.6. The molecule has 0 saturated heterocycles. The van der Waals surface area contributed by atoms with Crippen LogP contribution in [0.4, 0.5) is 0 Å². The fraction of sp³-hybridized carbons (Fsp3) is 0.958. The number of rotatable bonds is 63. The SMILES string of the molecule is C.CCCCCCCCCCCCCCCCNC(=O)CCN(CCN(CCC(=O)NCCCCCCCCCCCCCCCC)C(C)C)C(C)C.CCCCCCCCCCCCCCCCNC(=O)CCN(CCNC)C(C)C. The second-order valence-corrected chi connectivity index (χ2v) is 25.6. The molecule has 82 heavy (non-hydrogen) atoms. The number of hydrogen-bond donors (Lipinski definition) is 4. The molecule has 0 spiro atoms. The van der Waals surface area contributed by atoms with Crippen molar-refractivity contribution in [1.82, 2.24) is 36.0 Å². The summed E-state index contributed by atoms with van der Waals surface area (Å²) >= 11 is 0. The number of nitrogens with zero attached hydrogens (tertiary/aromatic N) is 3. The van der Waals surface area contributed by atoms with E-state index in [1.807, 2.05) is 7.05 Å². The Labute approximate surface area is 515 Å². The number of hydrogen-bond acceptors (Lipinski definition) is 7. The highest BCUT2D eigenvalue weighted by Crippen LogP contribution is 2.16. The Morgan fingerprint density at radius 2 is 0.451 bits per heavy atom. The minimum atomic E-state index is 0. The summed E-state index contributed by atoms with van der Waals surface area (Å²) in [5.41, 5.74) is 0.